The third kappa shape index (κ3) is 920. The first-order valence-electron chi connectivity index (χ1n) is 3.65. The molecule has 0 fully saturated rings. The monoisotopic (exact) mass is 152 g/mol. The summed E-state index contributed by atoms with van der Waals surface area (Å²) in [5.74, 6) is 0. The molecule has 0 atom stereocenters. The minimum absolute atomic E-state index is 1.32. The van der Waals surface area contributed by atoms with Gasteiger partial charge in [0.25, 0.3) is 6.08 Å². The molecule has 0 bridgehead atoms. The third-order valence-corrected chi connectivity index (χ3v) is 0.500. The quantitative estimate of drug-likeness (QED) is 0.527. The molecule has 0 N–H and O–H groups in total. The van der Waals surface area contributed by atoms with Crippen molar-refractivity contribution in [1.82, 2.24) is 0 Å². The molecular formula is C8H18F2. The topological polar surface area (TPSA) is 0 Å². The van der Waals surface area contributed by atoms with Gasteiger partial charge in [-0.25, -0.2) is 0 Å². The molecule has 0 aromatic heterocycles. The van der Waals surface area contributed by atoms with Crippen molar-refractivity contribution in [2.45, 2.75) is 40.5 Å². The molecular weight excluding hydrogens is 134 g/mol. The fourth-order valence-corrected chi connectivity index (χ4v) is 0. The van der Waals surface area contributed by atoms with Gasteiger partial charge in [0.15, 0.2) is 0 Å². The number of halogens is 2. The minimum Gasteiger partial charge on any atom is -0.174 e. The lowest BCUT2D eigenvalue weighted by atomic mass is 10.4. The highest BCUT2D eigenvalue weighted by Gasteiger charge is 1.65. The van der Waals surface area contributed by atoms with E-state index in [0.29, 0.717) is 0 Å². The molecule has 0 heterocycles. The molecule has 0 rings (SSSR count). The van der Waals surface area contributed by atoms with Gasteiger partial charge in [-0.1, -0.05) is 40.5 Å². The second-order valence-electron chi connectivity index (χ2n) is 1.34. The SMILES string of the molecule is C=C(F)F.CC.CCCC. The van der Waals surface area contributed by atoms with E-state index in [1.165, 1.54) is 12.8 Å². The first-order chi connectivity index (χ1) is 4.65. The summed E-state index contributed by atoms with van der Waals surface area (Å²) in [4.78, 5) is 0. The predicted octanol–water partition coefficient (Wildman–Crippen LogP) is 4.23. The minimum atomic E-state index is -1.83. The number of unbranched alkanes of at least 4 members (excludes halogenated alkanes) is 1. The maximum absolute atomic E-state index is 10.1. The van der Waals surface area contributed by atoms with Crippen molar-refractivity contribution >= 4 is 0 Å². The van der Waals surface area contributed by atoms with E-state index in [0.717, 1.165) is 0 Å². The standard InChI is InChI=1S/C4H10.C2H2F2.C2H6/c1-3-4-2;1-2(3)4;1-2/h3-4H2,1-2H3;1H2;1-2H3. The molecule has 0 aliphatic heterocycles. The lowest BCUT2D eigenvalue weighted by Crippen LogP contribution is -1.47. The van der Waals surface area contributed by atoms with E-state index in [4.69, 9.17) is 0 Å². The summed E-state index contributed by atoms with van der Waals surface area (Å²) in [6.45, 7) is 10.6. The van der Waals surface area contributed by atoms with Crippen LogP contribution in [0.25, 0.3) is 0 Å². The lowest BCUT2D eigenvalue weighted by Gasteiger charge is -1.68. The Balaban J connectivity index is -0.0000000787. The maximum atomic E-state index is 10.1. The Morgan fingerprint density at radius 1 is 1.10 bits per heavy atom. The van der Waals surface area contributed by atoms with Crippen molar-refractivity contribution in [2.75, 3.05) is 0 Å². The van der Waals surface area contributed by atoms with Crippen molar-refractivity contribution < 1.29 is 8.78 Å². The summed E-state index contributed by atoms with van der Waals surface area (Å²) in [7, 11) is 0. The molecule has 0 spiro atoms. The third-order valence-electron chi connectivity index (χ3n) is 0.500. The van der Waals surface area contributed by atoms with Crippen LogP contribution in [0, 0.1) is 0 Å². The Kier molecular flexibility index (Phi) is 38.3. The van der Waals surface area contributed by atoms with Gasteiger partial charge in [-0.3, -0.25) is 0 Å². The molecule has 0 amide bonds. The van der Waals surface area contributed by atoms with E-state index in [2.05, 4.69) is 20.4 Å². The molecule has 0 aromatic carbocycles. The highest BCUT2D eigenvalue weighted by atomic mass is 19.3. The Bertz CT molecular complexity index is 45.2. The zero-order chi connectivity index (χ0) is 8.99. The van der Waals surface area contributed by atoms with Crippen molar-refractivity contribution in [3.05, 3.63) is 12.7 Å². The van der Waals surface area contributed by atoms with Crippen LogP contribution in [0.4, 0.5) is 8.78 Å². The summed E-state index contributed by atoms with van der Waals surface area (Å²) in [6, 6.07) is 0. The number of hydrogen-bond donors (Lipinski definition) is 0. The van der Waals surface area contributed by atoms with Crippen molar-refractivity contribution in [3.63, 3.8) is 0 Å². The normalized spacial score (nSPS) is 6.20. The summed E-state index contributed by atoms with van der Waals surface area (Å²) in [5.41, 5.74) is 0. The number of hydrogen-bond acceptors (Lipinski definition) is 0. The highest BCUT2D eigenvalue weighted by molar-refractivity contribution is 4.57. The molecule has 0 aliphatic carbocycles. The largest absolute Gasteiger partial charge is 0.263 e. The van der Waals surface area contributed by atoms with Crippen molar-refractivity contribution in [2.24, 2.45) is 0 Å². The van der Waals surface area contributed by atoms with E-state index in [1.54, 1.807) is 0 Å². The Morgan fingerprint density at radius 3 is 1.20 bits per heavy atom. The molecule has 0 unspecified atom stereocenters. The molecule has 64 valence electrons. The van der Waals surface area contributed by atoms with Gasteiger partial charge in [-0.15, -0.1) is 0 Å². The summed E-state index contributed by atoms with van der Waals surface area (Å²) >= 11 is 0. The van der Waals surface area contributed by atoms with Crippen LogP contribution in [0.1, 0.15) is 40.5 Å². The molecule has 0 aliphatic rings. The molecule has 0 saturated carbocycles. The van der Waals surface area contributed by atoms with E-state index in [-0.39, 0.29) is 0 Å². The number of rotatable bonds is 1. The van der Waals surface area contributed by atoms with E-state index < -0.39 is 6.08 Å². The van der Waals surface area contributed by atoms with E-state index in [9.17, 15) is 8.78 Å². The molecule has 2 heteroatoms. The molecule has 0 nitrogen and oxygen atoms in total. The molecule has 0 radical (unpaired) electrons. The van der Waals surface area contributed by atoms with Crippen molar-refractivity contribution in [3.8, 4) is 0 Å². The van der Waals surface area contributed by atoms with Crippen molar-refractivity contribution in [1.29, 1.82) is 0 Å². The van der Waals surface area contributed by atoms with E-state index >= 15 is 0 Å². The summed E-state index contributed by atoms with van der Waals surface area (Å²) in [5, 5.41) is 0. The van der Waals surface area contributed by atoms with Crippen LogP contribution in [0.15, 0.2) is 12.7 Å². The van der Waals surface area contributed by atoms with Crippen LogP contribution in [-0.4, -0.2) is 0 Å². The van der Waals surface area contributed by atoms with Gasteiger partial charge in [-0.2, -0.15) is 8.78 Å². The maximum Gasteiger partial charge on any atom is 0.263 e. The van der Waals surface area contributed by atoms with Crippen LogP contribution in [-0.2, 0) is 0 Å². The summed E-state index contributed by atoms with van der Waals surface area (Å²) < 4.78 is 20.3. The Morgan fingerprint density at radius 2 is 1.20 bits per heavy atom. The fraction of sp³-hybridized carbons (Fsp3) is 0.750. The first kappa shape index (κ1) is 16.3. The smallest absolute Gasteiger partial charge is 0.174 e. The van der Waals surface area contributed by atoms with Gasteiger partial charge in [0.2, 0.25) is 0 Å². The van der Waals surface area contributed by atoms with Gasteiger partial charge in [0, 0.05) is 0 Å². The zero-order valence-electron chi connectivity index (χ0n) is 7.38. The molecule has 0 aromatic rings. The zero-order valence-corrected chi connectivity index (χ0v) is 7.38. The van der Waals surface area contributed by atoms with Crippen LogP contribution in [0.5, 0.6) is 0 Å². The Labute approximate surface area is 62.9 Å². The second-order valence-corrected chi connectivity index (χ2v) is 1.34. The Hall–Kier alpha value is -0.400. The fourth-order valence-electron chi connectivity index (χ4n) is 0. The van der Waals surface area contributed by atoms with Crippen LogP contribution >= 0.6 is 0 Å². The van der Waals surface area contributed by atoms with Crippen LogP contribution in [0.2, 0.25) is 0 Å². The van der Waals surface area contributed by atoms with Gasteiger partial charge in [0.05, 0.1) is 0 Å². The highest BCUT2D eigenvalue weighted by Crippen LogP contribution is 1.85. The van der Waals surface area contributed by atoms with Crippen LogP contribution < -0.4 is 0 Å². The first-order valence-corrected chi connectivity index (χ1v) is 3.65. The van der Waals surface area contributed by atoms with Crippen LogP contribution in [0.3, 0.4) is 0 Å². The van der Waals surface area contributed by atoms with Gasteiger partial charge < -0.3 is 0 Å². The average molecular weight is 152 g/mol. The second kappa shape index (κ2) is 23.5. The summed E-state index contributed by atoms with van der Waals surface area (Å²) in [6.07, 6.45) is 0.806. The van der Waals surface area contributed by atoms with Gasteiger partial charge in [-0.05, 0) is 6.58 Å². The lowest BCUT2D eigenvalue weighted by molar-refractivity contribution is 0.426. The van der Waals surface area contributed by atoms with Gasteiger partial charge in [0.1, 0.15) is 0 Å². The average Bonchev–Trinajstić information content (AvgIpc) is 1.91. The predicted molar refractivity (Wildman–Crippen MR) is 43.3 cm³/mol. The van der Waals surface area contributed by atoms with Gasteiger partial charge >= 0.3 is 0 Å². The van der Waals surface area contributed by atoms with E-state index in [1.807, 2.05) is 13.8 Å². The molecule has 0 saturated heterocycles. The molecule has 10 heavy (non-hydrogen) atoms.